The van der Waals surface area contributed by atoms with E-state index in [0.717, 1.165) is 10.7 Å². The quantitative estimate of drug-likeness (QED) is 0.359. The lowest BCUT2D eigenvalue weighted by molar-refractivity contribution is -0.138. The number of amides is 1. The summed E-state index contributed by atoms with van der Waals surface area (Å²) in [7, 11) is 0. The molecule has 1 aliphatic rings. The number of hydrogen-bond donors (Lipinski definition) is 1. The molecule has 2 heterocycles. The van der Waals surface area contributed by atoms with Gasteiger partial charge in [0.05, 0.1) is 18.3 Å². The minimum atomic E-state index is -0.390. The number of thiazole rings is 1. The third-order valence-electron chi connectivity index (χ3n) is 2.75. The first kappa shape index (κ1) is 16.4. The van der Waals surface area contributed by atoms with Crippen molar-refractivity contribution in [2.75, 3.05) is 13.2 Å². The lowest BCUT2D eigenvalue weighted by atomic mass is 10.3. The first-order valence-electron chi connectivity index (χ1n) is 6.90. The monoisotopic (exact) mass is 322 g/mol. The third-order valence-corrected chi connectivity index (χ3v) is 3.80. The number of nitrogens with one attached hydrogen (secondary N) is 1. The van der Waals surface area contributed by atoms with E-state index in [9.17, 15) is 9.59 Å². The summed E-state index contributed by atoms with van der Waals surface area (Å²) < 4.78 is 9.89. The Morgan fingerprint density at radius 1 is 1.59 bits per heavy atom. The molecule has 2 atom stereocenters. The minimum Gasteiger partial charge on any atom is -0.460 e. The molecular weight excluding hydrogens is 304 g/mol. The maximum atomic E-state index is 11.3. The lowest BCUT2D eigenvalue weighted by Crippen LogP contribution is -2.23. The molecular formula is C15H18N2O4S. The van der Waals surface area contributed by atoms with Gasteiger partial charge in [0.1, 0.15) is 17.7 Å². The highest BCUT2D eigenvalue weighted by Gasteiger charge is 2.23. The van der Waals surface area contributed by atoms with Crippen molar-refractivity contribution in [1.29, 1.82) is 0 Å². The molecule has 1 aromatic heterocycles. The van der Waals surface area contributed by atoms with Gasteiger partial charge in [-0.2, -0.15) is 0 Å². The van der Waals surface area contributed by atoms with Crippen LogP contribution in [0.4, 0.5) is 0 Å². The average molecular weight is 322 g/mol. The summed E-state index contributed by atoms with van der Waals surface area (Å²) in [5.41, 5.74) is 0.779. The molecule has 1 fully saturated rings. The third kappa shape index (κ3) is 5.79. The summed E-state index contributed by atoms with van der Waals surface area (Å²) in [6, 6.07) is -0.111. The Morgan fingerprint density at radius 2 is 2.36 bits per heavy atom. The molecule has 0 aliphatic carbocycles. The van der Waals surface area contributed by atoms with Crippen molar-refractivity contribution in [1.82, 2.24) is 10.3 Å². The molecule has 0 spiro atoms. The molecule has 6 nitrogen and oxygen atoms in total. The van der Waals surface area contributed by atoms with Crippen LogP contribution in [0.15, 0.2) is 23.6 Å². The molecule has 2 rings (SSSR count). The molecule has 0 radical (unpaired) electrons. The molecule has 22 heavy (non-hydrogen) atoms. The lowest BCUT2D eigenvalue weighted by Gasteiger charge is -2.07. The summed E-state index contributed by atoms with van der Waals surface area (Å²) in [4.78, 5) is 26.7. The van der Waals surface area contributed by atoms with E-state index in [2.05, 4.69) is 10.3 Å². The van der Waals surface area contributed by atoms with Gasteiger partial charge < -0.3 is 14.8 Å². The number of aromatic nitrogens is 1. The number of hydrogen-bond acceptors (Lipinski definition) is 6. The van der Waals surface area contributed by atoms with E-state index < -0.39 is 5.97 Å². The predicted octanol–water partition coefficient (Wildman–Crippen LogP) is 1.85. The highest BCUT2D eigenvalue weighted by atomic mass is 32.1. The summed E-state index contributed by atoms with van der Waals surface area (Å²) in [6.07, 6.45) is 6.54. The fourth-order valence-corrected chi connectivity index (χ4v) is 2.41. The first-order chi connectivity index (χ1) is 10.5. The first-order valence-corrected chi connectivity index (χ1v) is 7.78. The van der Waals surface area contributed by atoms with Crippen LogP contribution in [0.3, 0.4) is 0 Å². The predicted molar refractivity (Wildman–Crippen MR) is 83.2 cm³/mol. The number of carbonyl (C=O) groups is 2. The zero-order chi connectivity index (χ0) is 15.9. The Labute approximate surface area is 132 Å². The van der Waals surface area contributed by atoms with Crippen LogP contribution in [0, 0.1) is 0 Å². The summed E-state index contributed by atoms with van der Waals surface area (Å²) in [5, 5.41) is 5.51. The van der Waals surface area contributed by atoms with E-state index in [4.69, 9.17) is 9.47 Å². The molecule has 0 aromatic carbocycles. The zero-order valence-corrected chi connectivity index (χ0v) is 13.3. The van der Waals surface area contributed by atoms with Gasteiger partial charge in [-0.15, -0.1) is 11.3 Å². The second kappa shape index (κ2) is 7.86. The van der Waals surface area contributed by atoms with Crippen LogP contribution < -0.4 is 5.32 Å². The van der Waals surface area contributed by atoms with Crippen LogP contribution in [0.2, 0.25) is 0 Å². The van der Waals surface area contributed by atoms with Gasteiger partial charge in [-0.05, 0) is 13.0 Å². The van der Waals surface area contributed by atoms with Crippen molar-refractivity contribution in [3.8, 4) is 0 Å². The largest absolute Gasteiger partial charge is 0.460 e. The molecule has 2 unspecified atom stereocenters. The standard InChI is InChI=1S/C15H18N2O4S/c1-10(16-11(2)18)15-17-12(9-22-15)5-3-4-6-14(19)21-8-13-7-20-13/h3-6,9-10,13H,7-8H2,1-2H3,(H,16,18)/b5-3+,6-4+. The average Bonchev–Trinajstić information content (AvgIpc) is 3.17. The number of esters is 1. The molecule has 0 bridgehead atoms. The topological polar surface area (TPSA) is 80.8 Å². The number of allylic oxidation sites excluding steroid dienone is 2. The maximum absolute atomic E-state index is 11.3. The van der Waals surface area contributed by atoms with Crippen molar-refractivity contribution in [3.63, 3.8) is 0 Å². The van der Waals surface area contributed by atoms with E-state index in [1.54, 1.807) is 18.2 Å². The van der Waals surface area contributed by atoms with E-state index >= 15 is 0 Å². The molecule has 1 aromatic rings. The Morgan fingerprint density at radius 3 is 3.05 bits per heavy atom. The summed E-state index contributed by atoms with van der Waals surface area (Å²) in [6.45, 7) is 4.33. The van der Waals surface area contributed by atoms with Crippen molar-refractivity contribution in [2.45, 2.75) is 26.0 Å². The van der Waals surface area contributed by atoms with Gasteiger partial charge in [0.2, 0.25) is 5.91 Å². The number of carbonyl (C=O) groups excluding carboxylic acids is 2. The second-order valence-corrected chi connectivity index (χ2v) is 5.73. The van der Waals surface area contributed by atoms with E-state index in [1.165, 1.54) is 24.3 Å². The maximum Gasteiger partial charge on any atom is 0.330 e. The number of rotatable bonds is 7. The van der Waals surface area contributed by atoms with Crippen molar-refractivity contribution in [2.24, 2.45) is 0 Å². The Balaban J connectivity index is 1.78. The Bertz CT molecular complexity index is 590. The van der Waals surface area contributed by atoms with Crippen LogP contribution in [0.1, 0.15) is 30.6 Å². The molecule has 1 N–H and O–H groups in total. The van der Waals surface area contributed by atoms with Gasteiger partial charge in [-0.25, -0.2) is 9.78 Å². The Hall–Kier alpha value is -1.99. The SMILES string of the molecule is CC(=O)NC(C)c1nc(/C=C/C=C/C(=O)OCC2CO2)cs1. The molecule has 1 aliphatic heterocycles. The highest BCUT2D eigenvalue weighted by Crippen LogP contribution is 2.18. The molecule has 0 saturated carbocycles. The fraction of sp³-hybridized carbons (Fsp3) is 0.400. The highest BCUT2D eigenvalue weighted by molar-refractivity contribution is 7.09. The van der Waals surface area contributed by atoms with Crippen molar-refractivity contribution in [3.05, 3.63) is 34.3 Å². The van der Waals surface area contributed by atoms with E-state index in [-0.39, 0.29) is 18.1 Å². The van der Waals surface area contributed by atoms with Gasteiger partial charge in [-0.1, -0.05) is 12.2 Å². The summed E-state index contributed by atoms with van der Waals surface area (Å²) in [5.74, 6) is -0.476. The van der Waals surface area contributed by atoms with Gasteiger partial charge in [0, 0.05) is 18.4 Å². The van der Waals surface area contributed by atoms with Crippen LogP contribution in [-0.4, -0.2) is 36.2 Å². The molecule has 7 heteroatoms. The van der Waals surface area contributed by atoms with Crippen molar-refractivity contribution < 1.29 is 19.1 Å². The number of nitrogens with zero attached hydrogens (tertiary/aromatic N) is 1. The van der Waals surface area contributed by atoms with Crippen LogP contribution in [0.25, 0.3) is 6.08 Å². The number of ether oxygens (including phenoxy) is 2. The minimum absolute atomic E-state index is 0.0759. The van der Waals surface area contributed by atoms with E-state index in [1.807, 2.05) is 12.3 Å². The van der Waals surface area contributed by atoms with Crippen molar-refractivity contribution >= 4 is 29.3 Å². The van der Waals surface area contributed by atoms with Gasteiger partial charge in [-0.3, -0.25) is 4.79 Å². The number of epoxide rings is 1. The van der Waals surface area contributed by atoms with Crippen LogP contribution in [0.5, 0.6) is 0 Å². The fourth-order valence-electron chi connectivity index (χ4n) is 1.62. The normalized spacial score (nSPS) is 18.5. The summed E-state index contributed by atoms with van der Waals surface area (Å²) >= 11 is 1.48. The van der Waals surface area contributed by atoms with Gasteiger partial charge >= 0.3 is 5.97 Å². The second-order valence-electron chi connectivity index (χ2n) is 4.84. The van der Waals surface area contributed by atoms with Gasteiger partial charge in [0.15, 0.2) is 0 Å². The van der Waals surface area contributed by atoms with E-state index in [0.29, 0.717) is 13.2 Å². The van der Waals surface area contributed by atoms with Crippen LogP contribution >= 0.6 is 11.3 Å². The molecule has 118 valence electrons. The van der Waals surface area contributed by atoms with Gasteiger partial charge in [0.25, 0.3) is 0 Å². The zero-order valence-electron chi connectivity index (χ0n) is 12.4. The Kier molecular flexibility index (Phi) is 5.85. The molecule has 1 amide bonds. The smallest absolute Gasteiger partial charge is 0.330 e. The van der Waals surface area contributed by atoms with Crippen LogP contribution in [-0.2, 0) is 19.1 Å². The molecule has 1 saturated heterocycles.